The van der Waals surface area contributed by atoms with Gasteiger partial charge in [0.2, 0.25) is 5.91 Å². The molecule has 0 spiro atoms. The van der Waals surface area contributed by atoms with Crippen LogP contribution in [0, 0.1) is 0 Å². The van der Waals surface area contributed by atoms with Crippen LogP contribution in [0.4, 0.5) is 5.69 Å². The van der Waals surface area contributed by atoms with E-state index in [0.717, 1.165) is 17.1 Å². The highest BCUT2D eigenvalue weighted by Gasteiger charge is 2.22. The van der Waals surface area contributed by atoms with Crippen LogP contribution in [0.15, 0.2) is 60.0 Å². The Bertz CT molecular complexity index is 835. The van der Waals surface area contributed by atoms with Gasteiger partial charge in [0.05, 0.1) is 5.25 Å². The Balaban J connectivity index is 1.74. The second-order valence-corrected chi connectivity index (χ2v) is 6.65. The lowest BCUT2D eigenvalue weighted by Crippen LogP contribution is -2.24. The summed E-state index contributed by atoms with van der Waals surface area (Å²) in [5.74, 6) is 0.693. The van der Waals surface area contributed by atoms with Gasteiger partial charge < -0.3 is 9.88 Å². The largest absolute Gasteiger partial charge is 0.325 e. The van der Waals surface area contributed by atoms with Gasteiger partial charge in [-0.2, -0.15) is 0 Å². The Morgan fingerprint density at radius 2 is 2.00 bits per heavy atom. The molecule has 2 aromatic heterocycles. The van der Waals surface area contributed by atoms with E-state index in [1.54, 1.807) is 12.4 Å². The number of thioether (sulfide) groups is 1. The van der Waals surface area contributed by atoms with Gasteiger partial charge in [-0.25, -0.2) is 0 Å². The topological polar surface area (TPSA) is 72.7 Å². The molecule has 25 heavy (non-hydrogen) atoms. The number of amides is 1. The van der Waals surface area contributed by atoms with E-state index in [9.17, 15) is 4.79 Å². The molecular formula is C18H19N5OS. The molecule has 1 atom stereocenters. The van der Waals surface area contributed by atoms with Crippen molar-refractivity contribution in [2.45, 2.75) is 23.8 Å². The van der Waals surface area contributed by atoms with Gasteiger partial charge in [0.25, 0.3) is 0 Å². The van der Waals surface area contributed by atoms with Crippen molar-refractivity contribution < 1.29 is 4.79 Å². The quantitative estimate of drug-likeness (QED) is 0.688. The number of hydrogen-bond acceptors (Lipinski definition) is 5. The summed E-state index contributed by atoms with van der Waals surface area (Å²) in [6.07, 6.45) is 4.16. The molecule has 0 saturated carbocycles. The van der Waals surface area contributed by atoms with E-state index in [1.807, 2.05) is 61.0 Å². The number of nitrogens with zero attached hydrogens (tertiary/aromatic N) is 4. The number of carbonyl (C=O) groups is 1. The lowest BCUT2D eigenvalue weighted by molar-refractivity contribution is -0.115. The number of anilines is 1. The molecule has 0 aliphatic rings. The van der Waals surface area contributed by atoms with E-state index in [-0.39, 0.29) is 11.2 Å². The van der Waals surface area contributed by atoms with Crippen LogP contribution in [0.3, 0.4) is 0 Å². The summed E-state index contributed by atoms with van der Waals surface area (Å²) >= 11 is 1.42. The van der Waals surface area contributed by atoms with Gasteiger partial charge >= 0.3 is 0 Å². The molecule has 3 aromatic rings. The number of para-hydroxylation sites is 1. The maximum absolute atomic E-state index is 12.5. The molecule has 1 N–H and O–H groups in total. The number of benzene rings is 1. The van der Waals surface area contributed by atoms with Gasteiger partial charge in [0.15, 0.2) is 11.0 Å². The van der Waals surface area contributed by atoms with Crippen molar-refractivity contribution in [3.05, 3.63) is 54.9 Å². The van der Waals surface area contributed by atoms with Gasteiger partial charge in [-0.05, 0) is 30.7 Å². The average Bonchev–Trinajstić information content (AvgIpc) is 3.01. The van der Waals surface area contributed by atoms with Crippen molar-refractivity contribution in [1.29, 1.82) is 0 Å². The summed E-state index contributed by atoms with van der Waals surface area (Å²) in [5, 5.41) is 11.9. The maximum atomic E-state index is 12.5. The van der Waals surface area contributed by atoms with Gasteiger partial charge in [-0.1, -0.05) is 36.9 Å². The molecule has 6 nitrogen and oxygen atoms in total. The van der Waals surface area contributed by atoms with Crippen LogP contribution in [-0.4, -0.2) is 30.9 Å². The van der Waals surface area contributed by atoms with Gasteiger partial charge in [0.1, 0.15) is 0 Å². The highest BCUT2D eigenvalue weighted by atomic mass is 32.2. The lowest BCUT2D eigenvalue weighted by Gasteiger charge is -2.14. The number of nitrogens with one attached hydrogen (secondary N) is 1. The third kappa shape index (κ3) is 4.06. The standard InChI is InChI=1S/C18H19N5OS/c1-3-15(17(24)20-14-9-5-4-6-10-14)25-18-22-21-16(23(18)2)13-8-7-11-19-12-13/h4-12,15H,3H2,1-2H3,(H,20,24). The summed E-state index contributed by atoms with van der Waals surface area (Å²) in [6.45, 7) is 1.99. The van der Waals surface area contributed by atoms with Crippen LogP contribution < -0.4 is 5.32 Å². The van der Waals surface area contributed by atoms with Crippen molar-refractivity contribution in [1.82, 2.24) is 19.7 Å². The van der Waals surface area contributed by atoms with E-state index in [2.05, 4.69) is 20.5 Å². The van der Waals surface area contributed by atoms with Crippen molar-refractivity contribution in [2.75, 3.05) is 5.32 Å². The smallest absolute Gasteiger partial charge is 0.237 e. The molecular weight excluding hydrogens is 334 g/mol. The first-order valence-corrected chi connectivity index (χ1v) is 8.89. The summed E-state index contributed by atoms with van der Waals surface area (Å²) in [7, 11) is 1.90. The predicted molar refractivity (Wildman–Crippen MR) is 99.2 cm³/mol. The van der Waals surface area contributed by atoms with Gasteiger partial charge in [-0.3, -0.25) is 9.78 Å². The highest BCUT2D eigenvalue weighted by Crippen LogP contribution is 2.27. The minimum absolute atomic E-state index is 0.0374. The molecule has 0 fully saturated rings. The van der Waals surface area contributed by atoms with Crippen LogP contribution in [-0.2, 0) is 11.8 Å². The Kier molecular flexibility index (Phi) is 5.45. The van der Waals surface area contributed by atoms with E-state index in [0.29, 0.717) is 11.6 Å². The maximum Gasteiger partial charge on any atom is 0.237 e. The second-order valence-electron chi connectivity index (χ2n) is 5.48. The fraction of sp³-hybridized carbons (Fsp3) is 0.222. The first-order chi connectivity index (χ1) is 12.2. The van der Waals surface area contributed by atoms with E-state index in [1.165, 1.54) is 11.8 Å². The third-order valence-corrected chi connectivity index (χ3v) is 5.11. The number of rotatable bonds is 6. The summed E-state index contributed by atoms with van der Waals surface area (Å²) < 4.78 is 1.89. The fourth-order valence-corrected chi connectivity index (χ4v) is 3.28. The molecule has 0 saturated heterocycles. The monoisotopic (exact) mass is 353 g/mol. The van der Waals surface area contributed by atoms with E-state index >= 15 is 0 Å². The molecule has 1 unspecified atom stereocenters. The average molecular weight is 353 g/mol. The Morgan fingerprint density at radius 3 is 2.68 bits per heavy atom. The zero-order chi connectivity index (χ0) is 17.6. The normalized spacial score (nSPS) is 11.9. The van der Waals surface area contributed by atoms with Gasteiger partial charge in [0, 0.05) is 30.7 Å². The molecule has 7 heteroatoms. The van der Waals surface area contributed by atoms with Crippen molar-refractivity contribution in [2.24, 2.45) is 7.05 Å². The molecule has 0 aliphatic heterocycles. The van der Waals surface area contributed by atoms with Crippen LogP contribution in [0.1, 0.15) is 13.3 Å². The number of aromatic nitrogens is 4. The van der Waals surface area contributed by atoms with E-state index < -0.39 is 0 Å². The fourth-order valence-electron chi connectivity index (χ4n) is 2.36. The van der Waals surface area contributed by atoms with Crippen LogP contribution in [0.5, 0.6) is 0 Å². The van der Waals surface area contributed by atoms with Gasteiger partial charge in [-0.15, -0.1) is 10.2 Å². The van der Waals surface area contributed by atoms with Crippen molar-refractivity contribution >= 4 is 23.4 Å². The summed E-state index contributed by atoms with van der Waals surface area (Å²) in [6, 6.07) is 13.3. The molecule has 0 radical (unpaired) electrons. The Hall–Kier alpha value is -2.67. The first-order valence-electron chi connectivity index (χ1n) is 8.01. The van der Waals surface area contributed by atoms with Crippen LogP contribution in [0.2, 0.25) is 0 Å². The molecule has 3 rings (SSSR count). The van der Waals surface area contributed by atoms with Crippen LogP contribution >= 0.6 is 11.8 Å². The first kappa shape index (κ1) is 17.2. The molecule has 0 bridgehead atoms. The molecule has 2 heterocycles. The van der Waals surface area contributed by atoms with E-state index in [4.69, 9.17) is 0 Å². The number of hydrogen-bond donors (Lipinski definition) is 1. The Labute approximate surface area is 150 Å². The van der Waals surface area contributed by atoms with Crippen molar-refractivity contribution in [3.8, 4) is 11.4 Å². The molecule has 0 aliphatic carbocycles. The zero-order valence-corrected chi connectivity index (χ0v) is 14.9. The van der Waals surface area contributed by atoms with Crippen LogP contribution in [0.25, 0.3) is 11.4 Å². The number of pyridine rings is 1. The highest BCUT2D eigenvalue weighted by molar-refractivity contribution is 8.00. The second kappa shape index (κ2) is 7.94. The Morgan fingerprint density at radius 1 is 1.20 bits per heavy atom. The summed E-state index contributed by atoms with van der Waals surface area (Å²) in [5.41, 5.74) is 1.69. The molecule has 128 valence electrons. The number of carbonyl (C=O) groups excluding carboxylic acids is 1. The summed E-state index contributed by atoms with van der Waals surface area (Å²) in [4.78, 5) is 16.6. The minimum Gasteiger partial charge on any atom is -0.325 e. The third-order valence-electron chi connectivity index (χ3n) is 3.71. The predicted octanol–water partition coefficient (Wildman–Crippen LogP) is 3.39. The molecule has 1 amide bonds. The lowest BCUT2D eigenvalue weighted by atomic mass is 10.3. The molecule has 1 aromatic carbocycles. The zero-order valence-electron chi connectivity index (χ0n) is 14.1. The van der Waals surface area contributed by atoms with Crippen molar-refractivity contribution in [3.63, 3.8) is 0 Å². The SMILES string of the molecule is CCC(Sc1nnc(-c2cccnc2)n1C)C(=O)Nc1ccccc1. The minimum atomic E-state index is -0.246.